The van der Waals surface area contributed by atoms with E-state index in [1.54, 1.807) is 24.0 Å². The second kappa shape index (κ2) is 10.1. The van der Waals surface area contributed by atoms with E-state index in [-0.39, 0.29) is 40.7 Å². The van der Waals surface area contributed by atoms with E-state index in [1.807, 2.05) is 14.0 Å². The number of fused-ring (bicyclic) bond motifs is 1. The highest BCUT2D eigenvalue weighted by molar-refractivity contribution is 7.92. The van der Waals surface area contributed by atoms with Crippen molar-refractivity contribution in [2.75, 3.05) is 31.5 Å². The van der Waals surface area contributed by atoms with Gasteiger partial charge in [-0.3, -0.25) is 9.52 Å². The lowest BCUT2D eigenvalue weighted by atomic mass is 9.99. The Kier molecular flexibility index (Phi) is 7.66. The number of amides is 1. The lowest BCUT2D eigenvalue weighted by Crippen LogP contribution is -2.49. The van der Waals surface area contributed by atoms with Crippen LogP contribution in [0.5, 0.6) is 5.75 Å². The summed E-state index contributed by atoms with van der Waals surface area (Å²) in [5.41, 5.74) is 0.459. The van der Waals surface area contributed by atoms with Gasteiger partial charge in [-0.25, -0.2) is 8.42 Å². The number of likely N-dealkylation sites (N-methyl/N-ethyl adjacent to an activating group) is 1. The second-order valence-corrected chi connectivity index (χ2v) is 10.1. The van der Waals surface area contributed by atoms with Crippen LogP contribution in [0.2, 0.25) is 5.02 Å². The molecule has 0 bridgehead atoms. The molecular formula is C22H28ClN3O5S. The first-order valence-electron chi connectivity index (χ1n) is 10.3. The quantitative estimate of drug-likeness (QED) is 0.561. The van der Waals surface area contributed by atoms with Crippen molar-refractivity contribution in [3.05, 3.63) is 53.1 Å². The molecule has 174 valence electrons. The molecule has 1 amide bonds. The monoisotopic (exact) mass is 481 g/mol. The van der Waals surface area contributed by atoms with E-state index in [9.17, 15) is 18.3 Å². The Morgan fingerprint density at radius 1 is 1.25 bits per heavy atom. The molecule has 2 aromatic carbocycles. The minimum atomic E-state index is -3.88. The number of ether oxygens (including phenoxy) is 1. The standard InChI is InChI=1S/C22H28ClN3O5S/c1-14-12-26(15(2)13-27)22(28)19-10-17(6-9-20(19)31-21(14)11-24-3)25-32(29,30)18-7-4-16(23)5-8-18/h4-10,14-15,21,24-25,27H,11-13H2,1-3H3/t14-,15-,21+/m0/s1. The van der Waals surface area contributed by atoms with E-state index in [1.165, 1.54) is 30.3 Å². The van der Waals surface area contributed by atoms with Crippen LogP contribution in [-0.4, -0.2) is 63.2 Å². The highest BCUT2D eigenvalue weighted by atomic mass is 35.5. The summed E-state index contributed by atoms with van der Waals surface area (Å²) in [7, 11) is -2.05. The molecule has 0 unspecified atom stereocenters. The predicted octanol–water partition coefficient (Wildman–Crippen LogP) is 2.58. The molecule has 0 saturated carbocycles. The third-order valence-corrected chi connectivity index (χ3v) is 7.10. The number of rotatable bonds is 7. The van der Waals surface area contributed by atoms with E-state index in [4.69, 9.17) is 16.3 Å². The van der Waals surface area contributed by atoms with Gasteiger partial charge in [0.15, 0.2) is 0 Å². The molecular weight excluding hydrogens is 454 g/mol. The number of aliphatic hydroxyl groups excluding tert-OH is 1. The van der Waals surface area contributed by atoms with Crippen LogP contribution in [0.3, 0.4) is 0 Å². The topological polar surface area (TPSA) is 108 Å². The van der Waals surface area contributed by atoms with Crippen LogP contribution < -0.4 is 14.8 Å². The Bertz CT molecular complexity index is 1060. The molecule has 1 aliphatic heterocycles. The first kappa shape index (κ1) is 24.3. The number of hydrogen-bond acceptors (Lipinski definition) is 6. The SMILES string of the molecule is CNC[C@H]1Oc2ccc(NS(=O)(=O)c3ccc(Cl)cc3)cc2C(=O)N([C@@H](C)CO)C[C@@H]1C. The summed E-state index contributed by atoms with van der Waals surface area (Å²) >= 11 is 5.85. The normalized spacial score (nSPS) is 20.0. The molecule has 0 fully saturated rings. The maximum absolute atomic E-state index is 13.4. The van der Waals surface area contributed by atoms with Gasteiger partial charge in [-0.1, -0.05) is 18.5 Å². The number of carbonyl (C=O) groups is 1. The molecule has 3 N–H and O–H groups in total. The zero-order chi connectivity index (χ0) is 23.5. The molecule has 32 heavy (non-hydrogen) atoms. The van der Waals surface area contributed by atoms with Crippen molar-refractivity contribution in [2.45, 2.75) is 30.9 Å². The van der Waals surface area contributed by atoms with Gasteiger partial charge in [-0.05, 0) is 56.4 Å². The number of halogens is 1. The summed E-state index contributed by atoms with van der Waals surface area (Å²) in [4.78, 5) is 15.0. The number of aliphatic hydroxyl groups is 1. The first-order chi connectivity index (χ1) is 15.2. The van der Waals surface area contributed by atoms with E-state index >= 15 is 0 Å². The first-order valence-corrected chi connectivity index (χ1v) is 12.2. The molecule has 10 heteroatoms. The Morgan fingerprint density at radius 3 is 2.56 bits per heavy atom. The van der Waals surface area contributed by atoms with Crippen molar-refractivity contribution in [1.29, 1.82) is 0 Å². The zero-order valence-corrected chi connectivity index (χ0v) is 19.8. The maximum atomic E-state index is 13.4. The maximum Gasteiger partial charge on any atom is 0.261 e. The summed E-state index contributed by atoms with van der Waals surface area (Å²) in [5, 5.41) is 13.2. The highest BCUT2D eigenvalue weighted by Gasteiger charge is 2.33. The minimum Gasteiger partial charge on any atom is -0.488 e. The van der Waals surface area contributed by atoms with Gasteiger partial charge in [0.2, 0.25) is 0 Å². The fourth-order valence-electron chi connectivity index (χ4n) is 3.56. The van der Waals surface area contributed by atoms with Crippen LogP contribution >= 0.6 is 11.6 Å². The molecule has 0 spiro atoms. The molecule has 3 atom stereocenters. The minimum absolute atomic E-state index is 0.0108. The summed E-state index contributed by atoms with van der Waals surface area (Å²) in [6.07, 6.45) is -0.211. The fraction of sp³-hybridized carbons (Fsp3) is 0.409. The van der Waals surface area contributed by atoms with Gasteiger partial charge in [0.1, 0.15) is 11.9 Å². The van der Waals surface area contributed by atoms with Crippen LogP contribution in [0.1, 0.15) is 24.2 Å². The lowest BCUT2D eigenvalue weighted by Gasteiger charge is -2.37. The molecule has 0 aromatic heterocycles. The van der Waals surface area contributed by atoms with Gasteiger partial charge in [0.05, 0.1) is 23.1 Å². The molecule has 0 radical (unpaired) electrons. The Hall–Kier alpha value is -2.33. The summed E-state index contributed by atoms with van der Waals surface area (Å²) in [5.74, 6) is 0.0480. The van der Waals surface area contributed by atoms with E-state index in [2.05, 4.69) is 10.0 Å². The third kappa shape index (κ3) is 5.35. The number of benzene rings is 2. The van der Waals surface area contributed by atoms with Crippen LogP contribution in [0.4, 0.5) is 5.69 Å². The number of nitrogens with one attached hydrogen (secondary N) is 2. The lowest BCUT2D eigenvalue weighted by molar-refractivity contribution is 0.0416. The van der Waals surface area contributed by atoms with Gasteiger partial charge in [0.25, 0.3) is 15.9 Å². The zero-order valence-electron chi connectivity index (χ0n) is 18.2. The molecule has 3 rings (SSSR count). The second-order valence-electron chi connectivity index (χ2n) is 7.95. The predicted molar refractivity (Wildman–Crippen MR) is 124 cm³/mol. The van der Waals surface area contributed by atoms with Gasteiger partial charge < -0.3 is 20.1 Å². The van der Waals surface area contributed by atoms with Gasteiger partial charge in [0, 0.05) is 29.7 Å². The molecule has 1 heterocycles. The van der Waals surface area contributed by atoms with Gasteiger partial charge in [-0.15, -0.1) is 0 Å². The van der Waals surface area contributed by atoms with Crippen molar-refractivity contribution in [3.63, 3.8) is 0 Å². The Balaban J connectivity index is 1.99. The van der Waals surface area contributed by atoms with E-state index in [0.717, 1.165) is 0 Å². The van der Waals surface area contributed by atoms with Crippen LogP contribution in [0.15, 0.2) is 47.4 Å². The summed E-state index contributed by atoms with van der Waals surface area (Å²) < 4.78 is 34.2. The molecule has 8 nitrogen and oxygen atoms in total. The third-order valence-electron chi connectivity index (χ3n) is 5.45. The Labute approximate surface area is 193 Å². The van der Waals surface area contributed by atoms with Crippen molar-refractivity contribution < 1.29 is 23.1 Å². The van der Waals surface area contributed by atoms with Crippen molar-refractivity contribution in [2.24, 2.45) is 5.92 Å². The van der Waals surface area contributed by atoms with E-state index < -0.39 is 16.1 Å². The molecule has 2 aromatic rings. The van der Waals surface area contributed by atoms with Gasteiger partial charge >= 0.3 is 0 Å². The highest BCUT2D eigenvalue weighted by Crippen LogP contribution is 2.31. The number of anilines is 1. The van der Waals surface area contributed by atoms with Gasteiger partial charge in [-0.2, -0.15) is 0 Å². The van der Waals surface area contributed by atoms with Crippen LogP contribution in [0.25, 0.3) is 0 Å². The average Bonchev–Trinajstić information content (AvgIpc) is 2.76. The van der Waals surface area contributed by atoms with Crippen molar-refractivity contribution >= 4 is 33.2 Å². The van der Waals surface area contributed by atoms with Crippen molar-refractivity contribution in [3.8, 4) is 5.75 Å². The number of nitrogens with zero attached hydrogens (tertiary/aromatic N) is 1. The number of carbonyl (C=O) groups excluding carboxylic acids is 1. The van der Waals surface area contributed by atoms with Crippen molar-refractivity contribution in [1.82, 2.24) is 10.2 Å². The summed E-state index contributed by atoms with van der Waals surface area (Å²) in [6, 6.07) is 10.0. The smallest absolute Gasteiger partial charge is 0.261 e. The van der Waals surface area contributed by atoms with Crippen LogP contribution in [0, 0.1) is 5.92 Å². The summed E-state index contributed by atoms with van der Waals surface area (Å²) in [6.45, 7) is 4.54. The largest absolute Gasteiger partial charge is 0.488 e. The molecule has 0 saturated heterocycles. The van der Waals surface area contributed by atoms with E-state index in [0.29, 0.717) is 23.9 Å². The average molecular weight is 482 g/mol. The van der Waals surface area contributed by atoms with Crippen LogP contribution in [-0.2, 0) is 10.0 Å². The molecule has 1 aliphatic rings. The number of sulfonamides is 1. The molecule has 0 aliphatic carbocycles. The number of hydrogen-bond donors (Lipinski definition) is 3. The fourth-order valence-corrected chi connectivity index (χ4v) is 4.73. The Morgan fingerprint density at radius 2 is 1.94 bits per heavy atom.